The molecule has 1 atom stereocenters. The van der Waals surface area contributed by atoms with E-state index in [1.54, 1.807) is 11.3 Å². The van der Waals surface area contributed by atoms with Crippen LogP contribution in [0.5, 0.6) is 0 Å². The van der Waals surface area contributed by atoms with Gasteiger partial charge in [-0.3, -0.25) is 4.79 Å². The number of fused-ring (bicyclic) bond motifs is 1. The van der Waals surface area contributed by atoms with E-state index in [0.29, 0.717) is 0 Å². The van der Waals surface area contributed by atoms with Gasteiger partial charge < -0.3 is 5.32 Å². The number of nitrogens with one attached hydrogen (secondary N) is 1. The third-order valence-corrected chi connectivity index (χ3v) is 5.46. The van der Waals surface area contributed by atoms with Gasteiger partial charge in [0.05, 0.1) is 11.6 Å². The molecule has 2 heterocycles. The molecule has 0 radical (unpaired) electrons. The molecule has 0 bridgehead atoms. The van der Waals surface area contributed by atoms with E-state index in [-0.39, 0.29) is 11.8 Å². The normalized spacial score (nSPS) is 16.1. The van der Waals surface area contributed by atoms with E-state index in [9.17, 15) is 4.79 Å². The van der Waals surface area contributed by atoms with Gasteiger partial charge in [-0.2, -0.15) is 0 Å². The van der Waals surface area contributed by atoms with Crippen LogP contribution in [-0.2, 0) is 4.79 Å². The Labute approximate surface area is 145 Å². The fourth-order valence-corrected chi connectivity index (χ4v) is 4.08. The zero-order chi connectivity index (χ0) is 16.8. The number of thiazole rings is 1. The van der Waals surface area contributed by atoms with Crippen LogP contribution in [0.4, 0.5) is 5.69 Å². The monoisotopic (exact) mass is 334 g/mol. The number of rotatable bonds is 2. The van der Waals surface area contributed by atoms with E-state index in [4.69, 9.17) is 4.98 Å². The molecule has 0 unspecified atom stereocenters. The second-order valence-corrected chi connectivity index (χ2v) is 7.23. The van der Waals surface area contributed by atoms with Crippen LogP contribution in [0.15, 0.2) is 41.8 Å². The SMILES string of the molecule is Cc1ccc(-c2nc(-c3ccc4c(c3)[C@H](C)C(=O)N4)cs2)c(C)c1. The molecule has 0 aliphatic carbocycles. The van der Waals surface area contributed by atoms with Gasteiger partial charge in [0.15, 0.2) is 0 Å². The summed E-state index contributed by atoms with van der Waals surface area (Å²) in [5.74, 6) is -0.0335. The maximum atomic E-state index is 11.8. The standard InChI is InChI=1S/C20H18N2OS/c1-11-4-6-15(12(2)8-11)20-22-18(10-24-20)14-5-7-17-16(9-14)13(3)19(23)21-17/h4-10,13H,1-3H3,(H,21,23)/t13-/m0/s1. The maximum absolute atomic E-state index is 11.8. The molecule has 0 saturated carbocycles. The summed E-state index contributed by atoms with van der Waals surface area (Å²) in [6, 6.07) is 12.5. The first-order valence-corrected chi connectivity index (χ1v) is 8.89. The molecule has 1 amide bonds. The number of benzene rings is 2. The summed E-state index contributed by atoms with van der Waals surface area (Å²) in [4.78, 5) is 16.6. The lowest BCUT2D eigenvalue weighted by atomic mass is 9.99. The lowest BCUT2D eigenvalue weighted by molar-refractivity contribution is -0.116. The number of nitrogens with zero attached hydrogens (tertiary/aromatic N) is 1. The Hall–Kier alpha value is -2.46. The smallest absolute Gasteiger partial charge is 0.231 e. The van der Waals surface area contributed by atoms with Crippen molar-refractivity contribution in [1.29, 1.82) is 0 Å². The molecule has 1 aromatic heterocycles. The predicted octanol–water partition coefficient (Wildman–Crippen LogP) is 5.15. The van der Waals surface area contributed by atoms with E-state index < -0.39 is 0 Å². The van der Waals surface area contributed by atoms with Crippen molar-refractivity contribution in [3.05, 3.63) is 58.5 Å². The largest absolute Gasteiger partial charge is 0.325 e. The molecular weight excluding hydrogens is 316 g/mol. The van der Waals surface area contributed by atoms with Gasteiger partial charge >= 0.3 is 0 Å². The molecular formula is C20H18N2OS. The van der Waals surface area contributed by atoms with Crippen molar-refractivity contribution in [2.24, 2.45) is 0 Å². The number of hydrogen-bond donors (Lipinski definition) is 1. The van der Waals surface area contributed by atoms with Crippen molar-refractivity contribution < 1.29 is 4.79 Å². The molecule has 0 saturated heterocycles. The van der Waals surface area contributed by atoms with Gasteiger partial charge in [0.25, 0.3) is 0 Å². The van der Waals surface area contributed by atoms with E-state index >= 15 is 0 Å². The van der Waals surface area contributed by atoms with Crippen molar-refractivity contribution in [1.82, 2.24) is 4.98 Å². The Morgan fingerprint density at radius 1 is 1.12 bits per heavy atom. The van der Waals surface area contributed by atoms with Gasteiger partial charge in [-0.05, 0) is 44.0 Å². The van der Waals surface area contributed by atoms with Crippen LogP contribution < -0.4 is 5.32 Å². The highest BCUT2D eigenvalue weighted by atomic mass is 32.1. The van der Waals surface area contributed by atoms with E-state index in [0.717, 1.165) is 27.5 Å². The van der Waals surface area contributed by atoms with Gasteiger partial charge in [0, 0.05) is 22.2 Å². The van der Waals surface area contributed by atoms with Crippen LogP contribution in [0.1, 0.15) is 29.5 Å². The highest BCUT2D eigenvalue weighted by Crippen LogP contribution is 2.37. The first-order chi connectivity index (χ1) is 11.5. The zero-order valence-electron chi connectivity index (χ0n) is 13.9. The van der Waals surface area contributed by atoms with Crippen LogP contribution >= 0.6 is 11.3 Å². The van der Waals surface area contributed by atoms with Gasteiger partial charge in [0.1, 0.15) is 5.01 Å². The summed E-state index contributed by atoms with van der Waals surface area (Å²) in [6.07, 6.45) is 0. The summed E-state index contributed by atoms with van der Waals surface area (Å²) < 4.78 is 0. The van der Waals surface area contributed by atoms with Crippen molar-refractivity contribution in [3.8, 4) is 21.8 Å². The molecule has 4 rings (SSSR count). The third-order valence-electron chi connectivity index (χ3n) is 4.58. The highest BCUT2D eigenvalue weighted by molar-refractivity contribution is 7.13. The number of aryl methyl sites for hydroxylation is 2. The van der Waals surface area contributed by atoms with Gasteiger partial charge in [0.2, 0.25) is 5.91 Å². The molecule has 4 heteroatoms. The van der Waals surface area contributed by atoms with Crippen LogP contribution in [0.2, 0.25) is 0 Å². The molecule has 0 fully saturated rings. The van der Waals surface area contributed by atoms with Gasteiger partial charge in [-0.15, -0.1) is 11.3 Å². The number of carbonyl (C=O) groups is 1. The second-order valence-electron chi connectivity index (χ2n) is 6.37. The molecule has 2 aromatic carbocycles. The minimum absolute atomic E-state index is 0.0661. The molecule has 1 N–H and O–H groups in total. The van der Waals surface area contributed by atoms with E-state index in [1.165, 1.54) is 16.7 Å². The summed E-state index contributed by atoms with van der Waals surface area (Å²) in [5.41, 5.74) is 7.68. The van der Waals surface area contributed by atoms with Crippen molar-refractivity contribution in [3.63, 3.8) is 0 Å². The number of hydrogen-bond acceptors (Lipinski definition) is 3. The third kappa shape index (κ3) is 2.43. The summed E-state index contributed by atoms with van der Waals surface area (Å²) in [5, 5.41) is 6.03. The summed E-state index contributed by atoms with van der Waals surface area (Å²) in [6.45, 7) is 6.16. The number of anilines is 1. The number of amides is 1. The van der Waals surface area contributed by atoms with Gasteiger partial charge in [-0.1, -0.05) is 29.8 Å². The van der Waals surface area contributed by atoms with E-state index in [2.05, 4.69) is 48.8 Å². The van der Waals surface area contributed by atoms with Crippen LogP contribution in [0.3, 0.4) is 0 Å². The van der Waals surface area contributed by atoms with Crippen LogP contribution in [0, 0.1) is 13.8 Å². The average molecular weight is 334 g/mol. The minimum Gasteiger partial charge on any atom is -0.325 e. The summed E-state index contributed by atoms with van der Waals surface area (Å²) >= 11 is 1.66. The second kappa shape index (κ2) is 5.56. The van der Waals surface area contributed by atoms with Crippen LogP contribution in [0.25, 0.3) is 21.8 Å². The topological polar surface area (TPSA) is 42.0 Å². The molecule has 24 heavy (non-hydrogen) atoms. The predicted molar refractivity (Wildman–Crippen MR) is 99.5 cm³/mol. The lowest BCUT2D eigenvalue weighted by Crippen LogP contribution is -2.08. The molecule has 0 spiro atoms. The Morgan fingerprint density at radius 2 is 1.96 bits per heavy atom. The first-order valence-electron chi connectivity index (χ1n) is 8.01. The van der Waals surface area contributed by atoms with Crippen LogP contribution in [-0.4, -0.2) is 10.9 Å². The molecule has 3 aromatic rings. The lowest BCUT2D eigenvalue weighted by Gasteiger charge is -2.05. The Morgan fingerprint density at radius 3 is 2.75 bits per heavy atom. The summed E-state index contributed by atoms with van der Waals surface area (Å²) in [7, 11) is 0. The fraction of sp³-hybridized carbons (Fsp3) is 0.200. The van der Waals surface area contributed by atoms with Gasteiger partial charge in [-0.25, -0.2) is 4.98 Å². The minimum atomic E-state index is -0.0996. The molecule has 3 nitrogen and oxygen atoms in total. The van der Waals surface area contributed by atoms with Crippen molar-refractivity contribution in [2.75, 3.05) is 5.32 Å². The van der Waals surface area contributed by atoms with E-state index in [1.807, 2.05) is 19.1 Å². The zero-order valence-corrected chi connectivity index (χ0v) is 14.7. The Bertz CT molecular complexity index is 958. The molecule has 120 valence electrons. The first kappa shape index (κ1) is 15.1. The number of aromatic nitrogens is 1. The molecule has 1 aliphatic heterocycles. The Kier molecular flexibility index (Phi) is 3.50. The fourth-order valence-electron chi connectivity index (χ4n) is 3.16. The average Bonchev–Trinajstić information content (AvgIpc) is 3.13. The Balaban J connectivity index is 1.72. The quantitative estimate of drug-likeness (QED) is 0.704. The van der Waals surface area contributed by atoms with Crippen molar-refractivity contribution in [2.45, 2.75) is 26.7 Å². The maximum Gasteiger partial charge on any atom is 0.231 e. The molecule has 1 aliphatic rings. The highest BCUT2D eigenvalue weighted by Gasteiger charge is 2.26. The van der Waals surface area contributed by atoms with Crippen molar-refractivity contribution >= 4 is 22.9 Å². The number of carbonyl (C=O) groups excluding carboxylic acids is 1.